The fraction of sp³-hybridized carbons (Fsp3) is 0.250. The molecule has 0 bridgehead atoms. The Morgan fingerprint density at radius 1 is 1.03 bits per heavy atom. The second-order valence-electron chi connectivity index (χ2n) is 7.44. The van der Waals surface area contributed by atoms with Crippen molar-refractivity contribution in [2.75, 3.05) is 13.7 Å². The van der Waals surface area contributed by atoms with E-state index in [0.717, 1.165) is 21.4 Å². The van der Waals surface area contributed by atoms with Gasteiger partial charge in [0, 0.05) is 36.4 Å². The van der Waals surface area contributed by atoms with Crippen molar-refractivity contribution in [1.29, 1.82) is 0 Å². The largest absolute Gasteiger partial charge is 0.352 e. The second kappa shape index (κ2) is 12.5. The van der Waals surface area contributed by atoms with E-state index in [1.807, 2.05) is 55.7 Å². The van der Waals surface area contributed by atoms with Gasteiger partial charge in [-0.2, -0.15) is 0 Å². The van der Waals surface area contributed by atoms with E-state index < -0.39 is 6.29 Å². The van der Waals surface area contributed by atoms with Gasteiger partial charge in [-0.3, -0.25) is 9.59 Å². The third kappa shape index (κ3) is 6.11. The van der Waals surface area contributed by atoms with Crippen LogP contribution in [-0.4, -0.2) is 29.1 Å². The minimum Gasteiger partial charge on any atom is -0.352 e. The molecule has 7 heteroatoms. The lowest BCUT2D eigenvalue weighted by atomic mass is 10.0. The van der Waals surface area contributed by atoms with Gasteiger partial charge in [0.15, 0.2) is 12.1 Å². The molecule has 2 heterocycles. The van der Waals surface area contributed by atoms with Crippen LogP contribution >= 0.6 is 15.9 Å². The third-order valence-corrected chi connectivity index (χ3v) is 5.76. The number of pyridine rings is 2. The van der Waals surface area contributed by atoms with E-state index in [0.29, 0.717) is 24.1 Å². The molecule has 0 saturated heterocycles. The van der Waals surface area contributed by atoms with Crippen LogP contribution in [0, 0.1) is 0 Å². The Kier molecular flexibility index (Phi) is 9.48. The number of benzene rings is 2. The molecule has 2 aromatic heterocycles. The van der Waals surface area contributed by atoms with Crippen molar-refractivity contribution in [3.05, 3.63) is 110 Å². The van der Waals surface area contributed by atoms with Crippen molar-refractivity contribution in [2.45, 2.75) is 33.6 Å². The van der Waals surface area contributed by atoms with E-state index in [2.05, 4.69) is 20.9 Å². The predicted octanol–water partition coefficient (Wildman–Crippen LogP) is 6.15. The summed E-state index contributed by atoms with van der Waals surface area (Å²) >= 11 is 3.39. The molecular formula is C28H29BrN2O4. The number of hydrogen-bond acceptors (Lipinski definition) is 5. The Balaban J connectivity index is 0.00000167. The molecule has 0 aliphatic rings. The average Bonchev–Trinajstić information content (AvgIpc) is 2.90. The molecule has 0 radical (unpaired) electrons. The number of rotatable bonds is 8. The maximum atomic E-state index is 13.3. The zero-order chi connectivity index (χ0) is 25.4. The molecule has 0 spiro atoms. The summed E-state index contributed by atoms with van der Waals surface area (Å²) in [5.74, 6) is -0.335. The number of carbonyl (C=O) groups is 1. The van der Waals surface area contributed by atoms with Crippen LogP contribution in [0.5, 0.6) is 0 Å². The molecule has 0 fully saturated rings. The van der Waals surface area contributed by atoms with Gasteiger partial charge in [-0.15, -0.1) is 0 Å². The maximum absolute atomic E-state index is 13.3. The van der Waals surface area contributed by atoms with Gasteiger partial charge in [-0.1, -0.05) is 56.3 Å². The summed E-state index contributed by atoms with van der Waals surface area (Å²) in [5.41, 5.74) is 2.60. The molecule has 4 rings (SSSR count). The molecule has 0 saturated carbocycles. The third-order valence-electron chi connectivity index (χ3n) is 5.31. The van der Waals surface area contributed by atoms with Gasteiger partial charge in [0.25, 0.3) is 0 Å². The smallest absolute Gasteiger partial charge is 0.200 e. The molecule has 6 nitrogen and oxygen atoms in total. The van der Waals surface area contributed by atoms with Gasteiger partial charge in [-0.25, -0.2) is 4.98 Å². The first kappa shape index (κ1) is 26.5. The quantitative estimate of drug-likeness (QED) is 0.153. The number of hydrogen-bond donors (Lipinski definition) is 0. The minimum atomic E-state index is -0.505. The van der Waals surface area contributed by atoms with Crippen LogP contribution in [0.2, 0.25) is 0 Å². The van der Waals surface area contributed by atoms with E-state index in [4.69, 9.17) is 9.47 Å². The summed E-state index contributed by atoms with van der Waals surface area (Å²) in [6.07, 6.45) is 1.12. The highest BCUT2D eigenvalue weighted by atomic mass is 79.9. The van der Waals surface area contributed by atoms with Gasteiger partial charge in [-0.05, 0) is 47.1 Å². The van der Waals surface area contributed by atoms with Crippen LogP contribution in [0.4, 0.5) is 0 Å². The number of fused-ring (bicyclic) bond motifs is 1. The van der Waals surface area contributed by atoms with Crippen LogP contribution in [-0.2, 0) is 16.0 Å². The normalized spacial score (nSPS) is 11.6. The summed E-state index contributed by atoms with van der Waals surface area (Å²) in [4.78, 5) is 31.0. The summed E-state index contributed by atoms with van der Waals surface area (Å²) in [6, 6.07) is 19.9. The Morgan fingerprint density at radius 2 is 1.74 bits per heavy atom. The van der Waals surface area contributed by atoms with Crippen LogP contribution in [0.3, 0.4) is 0 Å². The van der Waals surface area contributed by atoms with Crippen molar-refractivity contribution >= 4 is 32.6 Å². The second-order valence-corrected chi connectivity index (χ2v) is 8.26. The van der Waals surface area contributed by atoms with Crippen LogP contribution < -0.4 is 5.43 Å². The maximum Gasteiger partial charge on any atom is 0.200 e. The fourth-order valence-corrected chi connectivity index (χ4v) is 4.13. The Labute approximate surface area is 213 Å². The molecule has 0 N–H and O–H groups in total. The number of carbonyl (C=O) groups excluding carboxylic acids is 1. The lowest BCUT2D eigenvalue weighted by Crippen LogP contribution is -2.20. The molecule has 1 unspecified atom stereocenters. The topological polar surface area (TPSA) is 70.4 Å². The van der Waals surface area contributed by atoms with Crippen molar-refractivity contribution in [2.24, 2.45) is 0 Å². The van der Waals surface area contributed by atoms with E-state index in [1.54, 1.807) is 49.7 Å². The van der Waals surface area contributed by atoms with Crippen molar-refractivity contribution in [3.63, 3.8) is 0 Å². The van der Waals surface area contributed by atoms with E-state index in [1.165, 1.54) is 0 Å². The monoisotopic (exact) mass is 536 g/mol. The Bertz CT molecular complexity index is 1350. The predicted molar refractivity (Wildman–Crippen MR) is 142 cm³/mol. The van der Waals surface area contributed by atoms with Crippen molar-refractivity contribution in [3.8, 4) is 0 Å². The lowest BCUT2D eigenvalue weighted by Gasteiger charge is -2.16. The number of ether oxygens (including phenoxy) is 2. The van der Waals surface area contributed by atoms with Crippen LogP contribution in [0.1, 0.15) is 54.2 Å². The minimum absolute atomic E-state index is 0.115. The molecule has 2 aromatic carbocycles. The number of methoxy groups -OCH3 is 1. The number of nitrogens with zero attached hydrogens (tertiary/aromatic N) is 2. The highest BCUT2D eigenvalue weighted by Gasteiger charge is 2.18. The highest BCUT2D eigenvalue weighted by Crippen LogP contribution is 2.21. The van der Waals surface area contributed by atoms with Crippen LogP contribution in [0.15, 0.2) is 82.3 Å². The van der Waals surface area contributed by atoms with E-state index >= 15 is 0 Å². The SMILES string of the molecule is CC.CCOC(OC)c1ccc(C(=O)c2cn(Cc3cccc(Br)n3)c3ccccc3c2=O)cc1. The molecule has 182 valence electrons. The Hall–Kier alpha value is -3.13. The van der Waals surface area contributed by atoms with Gasteiger partial charge in [0.05, 0.1) is 23.3 Å². The summed E-state index contributed by atoms with van der Waals surface area (Å²) in [5, 5.41) is 0.491. The summed E-state index contributed by atoms with van der Waals surface area (Å²) in [6.45, 7) is 6.81. The Morgan fingerprint density at radius 3 is 2.40 bits per heavy atom. The van der Waals surface area contributed by atoms with Crippen molar-refractivity contribution in [1.82, 2.24) is 9.55 Å². The molecule has 0 aliphatic heterocycles. The van der Waals surface area contributed by atoms with Gasteiger partial charge < -0.3 is 14.0 Å². The van der Waals surface area contributed by atoms with E-state index in [-0.39, 0.29) is 16.8 Å². The average molecular weight is 537 g/mol. The molecular weight excluding hydrogens is 508 g/mol. The molecule has 0 aliphatic carbocycles. The van der Waals surface area contributed by atoms with Gasteiger partial charge >= 0.3 is 0 Å². The zero-order valence-corrected chi connectivity index (χ0v) is 21.9. The standard InChI is InChI=1S/C26H23BrN2O4.C2H6/c1-3-33-26(32-2)18-13-11-17(12-14-18)24(30)21-16-29(15-19-7-6-10-23(27)28-19)22-9-5-4-8-20(22)25(21)31;1-2/h4-14,16,26H,3,15H2,1-2H3;1-2H3. The van der Waals surface area contributed by atoms with Gasteiger partial charge in [0.2, 0.25) is 5.43 Å². The van der Waals surface area contributed by atoms with Crippen LogP contribution in [0.25, 0.3) is 10.9 Å². The molecule has 0 amide bonds. The first-order valence-corrected chi connectivity index (χ1v) is 12.3. The number of aromatic nitrogens is 2. The number of halogens is 1. The summed E-state index contributed by atoms with van der Waals surface area (Å²) < 4.78 is 13.5. The lowest BCUT2D eigenvalue weighted by molar-refractivity contribution is -0.124. The van der Waals surface area contributed by atoms with Crippen molar-refractivity contribution < 1.29 is 14.3 Å². The number of para-hydroxylation sites is 1. The molecule has 1 atom stereocenters. The number of ketones is 1. The first-order valence-electron chi connectivity index (χ1n) is 11.5. The van der Waals surface area contributed by atoms with E-state index in [9.17, 15) is 9.59 Å². The van der Waals surface area contributed by atoms with Gasteiger partial charge in [0.1, 0.15) is 4.60 Å². The molecule has 35 heavy (non-hydrogen) atoms. The summed E-state index contributed by atoms with van der Waals surface area (Å²) in [7, 11) is 1.57. The molecule has 4 aromatic rings. The highest BCUT2D eigenvalue weighted by molar-refractivity contribution is 9.10. The fourth-order valence-electron chi connectivity index (χ4n) is 3.75. The first-order chi connectivity index (χ1) is 17.0. The zero-order valence-electron chi connectivity index (χ0n) is 20.3.